The largest absolute Gasteiger partial charge is 0.336 e. The number of nitrogens with one attached hydrogen (secondary N) is 1. The van der Waals surface area contributed by atoms with Crippen molar-refractivity contribution in [1.29, 1.82) is 0 Å². The zero-order chi connectivity index (χ0) is 22.7. The molecule has 2 amide bonds. The molecule has 1 N–H and O–H groups in total. The van der Waals surface area contributed by atoms with Crippen LogP contribution in [0.5, 0.6) is 0 Å². The Morgan fingerprint density at radius 2 is 2.09 bits per heavy atom. The summed E-state index contributed by atoms with van der Waals surface area (Å²) in [5.74, 6) is 0.681. The second-order valence-corrected chi connectivity index (χ2v) is 8.83. The van der Waals surface area contributed by atoms with Gasteiger partial charge in [0, 0.05) is 43.9 Å². The highest BCUT2D eigenvalue weighted by Crippen LogP contribution is 2.31. The molecule has 9 nitrogen and oxygen atoms in total. The van der Waals surface area contributed by atoms with E-state index in [9.17, 15) is 14.4 Å². The lowest BCUT2D eigenvalue weighted by atomic mass is 9.99. The van der Waals surface area contributed by atoms with Crippen molar-refractivity contribution in [3.05, 3.63) is 45.9 Å². The van der Waals surface area contributed by atoms with Gasteiger partial charge in [-0.25, -0.2) is 4.98 Å². The van der Waals surface area contributed by atoms with E-state index in [1.807, 2.05) is 31.0 Å². The van der Waals surface area contributed by atoms with Gasteiger partial charge in [-0.3, -0.25) is 19.1 Å². The van der Waals surface area contributed by atoms with Gasteiger partial charge in [0.05, 0.1) is 24.3 Å². The first kappa shape index (κ1) is 22.2. The van der Waals surface area contributed by atoms with Crippen LogP contribution in [0.2, 0.25) is 0 Å². The lowest BCUT2D eigenvalue weighted by molar-refractivity contribution is -0.136. The number of likely N-dealkylation sites (tertiary alicyclic amines) is 1. The Bertz CT molecular complexity index is 1020. The number of aromatic amines is 1. The fraction of sp³-hybridized carbons (Fsp3) is 0.609. The second-order valence-electron chi connectivity index (χ2n) is 8.83. The molecule has 2 aromatic heterocycles. The maximum absolute atomic E-state index is 13.2. The van der Waals surface area contributed by atoms with Crippen LogP contribution < -0.4 is 5.56 Å². The first-order valence-corrected chi connectivity index (χ1v) is 11.7. The number of hydrogen-bond acceptors (Lipinski definition) is 5. The predicted molar refractivity (Wildman–Crippen MR) is 119 cm³/mol. The number of hydrogen-bond donors (Lipinski definition) is 1. The molecule has 1 fully saturated rings. The van der Waals surface area contributed by atoms with E-state index in [1.54, 1.807) is 15.8 Å². The molecule has 0 aliphatic carbocycles. The average Bonchev–Trinajstić information content (AvgIpc) is 3.34. The van der Waals surface area contributed by atoms with Crippen LogP contribution in [0, 0.1) is 0 Å². The summed E-state index contributed by atoms with van der Waals surface area (Å²) in [5.41, 5.74) is 1.19. The highest BCUT2D eigenvalue weighted by Gasteiger charge is 2.32. The van der Waals surface area contributed by atoms with Crippen LogP contribution in [-0.2, 0) is 22.6 Å². The molecule has 9 heteroatoms. The molecule has 2 aliphatic rings. The minimum Gasteiger partial charge on any atom is -0.336 e. The first-order valence-electron chi connectivity index (χ1n) is 11.7. The van der Waals surface area contributed by atoms with Crippen molar-refractivity contribution in [2.45, 2.75) is 77.4 Å². The zero-order valence-electron chi connectivity index (χ0n) is 18.9. The van der Waals surface area contributed by atoms with Gasteiger partial charge in [0.2, 0.25) is 11.8 Å². The lowest BCUT2D eigenvalue weighted by Crippen LogP contribution is -2.42. The molecule has 172 valence electrons. The Hall–Kier alpha value is -2.97. The number of rotatable bonds is 6. The minimum absolute atomic E-state index is 0.0396. The van der Waals surface area contributed by atoms with Crippen LogP contribution >= 0.6 is 0 Å². The van der Waals surface area contributed by atoms with Gasteiger partial charge in [-0.15, -0.1) is 0 Å². The van der Waals surface area contributed by atoms with Gasteiger partial charge in [-0.2, -0.15) is 5.10 Å². The Kier molecular flexibility index (Phi) is 6.72. The quantitative estimate of drug-likeness (QED) is 0.743. The van der Waals surface area contributed by atoms with Crippen LogP contribution in [-0.4, -0.2) is 54.5 Å². The van der Waals surface area contributed by atoms with Crippen LogP contribution in [0.4, 0.5) is 0 Å². The van der Waals surface area contributed by atoms with Crippen molar-refractivity contribution in [3.63, 3.8) is 0 Å². The van der Waals surface area contributed by atoms with Crippen LogP contribution in [0.1, 0.15) is 81.5 Å². The summed E-state index contributed by atoms with van der Waals surface area (Å²) in [7, 11) is 0. The van der Waals surface area contributed by atoms with Gasteiger partial charge in [-0.05, 0) is 45.1 Å². The third-order valence-corrected chi connectivity index (χ3v) is 6.49. The maximum atomic E-state index is 13.2. The van der Waals surface area contributed by atoms with E-state index in [0.29, 0.717) is 56.0 Å². The molecule has 2 aliphatic heterocycles. The predicted octanol–water partition coefficient (Wildman–Crippen LogP) is 2.36. The van der Waals surface area contributed by atoms with E-state index in [-0.39, 0.29) is 29.5 Å². The number of amides is 2. The molecule has 0 bridgehead atoms. The number of nitrogens with zero attached hydrogens (tertiary/aromatic N) is 5. The molecule has 0 saturated carbocycles. The topological polar surface area (TPSA) is 104 Å². The van der Waals surface area contributed by atoms with E-state index in [2.05, 4.69) is 10.1 Å². The lowest BCUT2D eigenvalue weighted by Gasteiger charge is -2.36. The highest BCUT2D eigenvalue weighted by atomic mass is 16.2. The summed E-state index contributed by atoms with van der Waals surface area (Å²) in [4.78, 5) is 49.8. The number of carbonyl (C=O) groups excluding carboxylic acids is 2. The van der Waals surface area contributed by atoms with E-state index < -0.39 is 0 Å². The van der Waals surface area contributed by atoms with Gasteiger partial charge in [-0.1, -0.05) is 6.92 Å². The van der Waals surface area contributed by atoms with Crippen molar-refractivity contribution < 1.29 is 9.59 Å². The molecule has 4 heterocycles. The van der Waals surface area contributed by atoms with Crippen molar-refractivity contribution >= 4 is 11.8 Å². The van der Waals surface area contributed by atoms with Gasteiger partial charge >= 0.3 is 0 Å². The molecule has 0 spiro atoms. The van der Waals surface area contributed by atoms with Gasteiger partial charge in [0.15, 0.2) is 0 Å². The molecule has 0 radical (unpaired) electrons. The molecular weight excluding hydrogens is 408 g/mol. The Balaban J connectivity index is 1.55. The summed E-state index contributed by atoms with van der Waals surface area (Å²) in [5, 5.41) is 4.24. The summed E-state index contributed by atoms with van der Waals surface area (Å²) in [6, 6.07) is 1.55. The van der Waals surface area contributed by atoms with E-state index in [0.717, 1.165) is 25.7 Å². The van der Waals surface area contributed by atoms with Gasteiger partial charge in [0.1, 0.15) is 5.82 Å². The molecule has 4 rings (SSSR count). The van der Waals surface area contributed by atoms with Crippen LogP contribution in [0.3, 0.4) is 0 Å². The summed E-state index contributed by atoms with van der Waals surface area (Å²) in [6.45, 7) is 5.53. The van der Waals surface area contributed by atoms with Crippen LogP contribution in [0.15, 0.2) is 23.3 Å². The van der Waals surface area contributed by atoms with Crippen LogP contribution in [0.25, 0.3) is 0 Å². The molecule has 0 aromatic carbocycles. The van der Waals surface area contributed by atoms with Crippen molar-refractivity contribution in [2.24, 2.45) is 0 Å². The van der Waals surface area contributed by atoms with Crippen molar-refractivity contribution in [2.75, 3.05) is 13.1 Å². The second kappa shape index (κ2) is 9.67. The molecule has 0 unspecified atom stereocenters. The summed E-state index contributed by atoms with van der Waals surface area (Å²) in [6.07, 6.45) is 8.41. The molecule has 1 saturated heterocycles. The zero-order valence-corrected chi connectivity index (χ0v) is 18.9. The van der Waals surface area contributed by atoms with Crippen molar-refractivity contribution in [1.82, 2.24) is 29.5 Å². The van der Waals surface area contributed by atoms with Gasteiger partial charge in [0.25, 0.3) is 5.56 Å². The van der Waals surface area contributed by atoms with E-state index >= 15 is 0 Å². The molecule has 2 atom stereocenters. The smallest absolute Gasteiger partial charge is 0.254 e. The number of aromatic nitrogens is 4. The first-order chi connectivity index (χ1) is 15.5. The number of fused-ring (bicyclic) bond motifs is 1. The fourth-order valence-electron chi connectivity index (χ4n) is 4.72. The highest BCUT2D eigenvalue weighted by molar-refractivity contribution is 5.77. The number of H-pyrrole nitrogens is 1. The third-order valence-electron chi connectivity index (χ3n) is 6.49. The summed E-state index contributed by atoms with van der Waals surface area (Å²) >= 11 is 0. The van der Waals surface area contributed by atoms with Gasteiger partial charge < -0.3 is 14.8 Å². The SMILES string of the molecule is CCCC(=O)N1CCc2c(nc([C@H]3CCCCN3C(=O)C[C@H](C)n3cccn3)[nH]c2=O)C1. The van der Waals surface area contributed by atoms with E-state index in [4.69, 9.17) is 4.98 Å². The number of carbonyl (C=O) groups is 2. The monoisotopic (exact) mass is 440 g/mol. The normalized spacial score (nSPS) is 19.5. The molecule has 2 aromatic rings. The Morgan fingerprint density at radius 1 is 1.25 bits per heavy atom. The Labute approximate surface area is 187 Å². The minimum atomic E-state index is -0.249. The maximum Gasteiger partial charge on any atom is 0.254 e. The van der Waals surface area contributed by atoms with Crippen molar-refractivity contribution in [3.8, 4) is 0 Å². The Morgan fingerprint density at radius 3 is 2.84 bits per heavy atom. The molecule has 32 heavy (non-hydrogen) atoms. The van der Waals surface area contributed by atoms with E-state index in [1.165, 1.54) is 0 Å². The standard InChI is InChI=1S/C23H32N6O3/c1-3-7-20(30)27-13-9-17-18(15-27)25-22(26-23(17)32)19-8-4-5-11-28(19)21(31)14-16(2)29-12-6-10-24-29/h6,10,12,16,19H,3-5,7-9,11,13-15H2,1-2H3,(H,25,26,32)/t16-,19+/m0/s1. The fourth-order valence-corrected chi connectivity index (χ4v) is 4.72. The summed E-state index contributed by atoms with van der Waals surface area (Å²) < 4.78 is 1.79. The third kappa shape index (κ3) is 4.61. The number of piperidine rings is 1. The average molecular weight is 441 g/mol. The molecular formula is C23H32N6O3.